The van der Waals surface area contributed by atoms with Crippen molar-refractivity contribution in [2.45, 2.75) is 0 Å². The lowest BCUT2D eigenvalue weighted by molar-refractivity contribution is 1.57. The summed E-state index contributed by atoms with van der Waals surface area (Å²) in [4.78, 5) is 0. The molecule has 1 aliphatic carbocycles. The van der Waals surface area contributed by atoms with Crippen LogP contribution >= 0.6 is 0 Å². The predicted molar refractivity (Wildman–Crippen MR) is 112 cm³/mol. The number of allylic oxidation sites excluding steroid dienone is 2. The van der Waals surface area contributed by atoms with Crippen molar-refractivity contribution in [3.63, 3.8) is 0 Å². The molecule has 1 aliphatic rings. The van der Waals surface area contributed by atoms with Crippen molar-refractivity contribution in [1.29, 1.82) is 0 Å². The standard InChI is InChI=1S/C26H18/c1-18-24(20-11-4-2-5-12-20)26(21-13-6-3-7-14-21)23-17-16-19-10-8-9-15-22(19)25(18)23/h2-17H,1H2. The van der Waals surface area contributed by atoms with E-state index in [1.54, 1.807) is 0 Å². The lowest BCUT2D eigenvalue weighted by Gasteiger charge is -2.10. The predicted octanol–water partition coefficient (Wildman–Crippen LogP) is 6.83. The summed E-state index contributed by atoms with van der Waals surface area (Å²) >= 11 is 0. The summed E-state index contributed by atoms with van der Waals surface area (Å²) in [6.45, 7) is 4.52. The Hall–Kier alpha value is -3.38. The fraction of sp³-hybridized carbons (Fsp3) is 0. The maximum Gasteiger partial charge on any atom is -0.00203 e. The van der Waals surface area contributed by atoms with Crippen molar-refractivity contribution in [2.24, 2.45) is 0 Å². The normalized spacial score (nSPS) is 13.3. The minimum absolute atomic E-state index is 1.11. The molecular formula is C26H18. The fourth-order valence-corrected chi connectivity index (χ4v) is 4.04. The largest absolute Gasteiger partial charge is 0.0905 e. The molecule has 0 atom stereocenters. The van der Waals surface area contributed by atoms with Gasteiger partial charge >= 0.3 is 0 Å². The van der Waals surface area contributed by atoms with Gasteiger partial charge in [0.2, 0.25) is 0 Å². The Morgan fingerprint density at radius 3 is 1.77 bits per heavy atom. The van der Waals surface area contributed by atoms with Crippen LogP contribution in [-0.2, 0) is 0 Å². The molecule has 4 aromatic rings. The molecule has 0 N–H and O–H groups in total. The second-order valence-electron chi connectivity index (χ2n) is 6.67. The van der Waals surface area contributed by atoms with E-state index in [4.69, 9.17) is 0 Å². The number of rotatable bonds is 2. The van der Waals surface area contributed by atoms with E-state index < -0.39 is 0 Å². The highest BCUT2D eigenvalue weighted by molar-refractivity contribution is 6.27. The van der Waals surface area contributed by atoms with E-state index in [0.29, 0.717) is 0 Å². The molecule has 122 valence electrons. The van der Waals surface area contributed by atoms with Gasteiger partial charge in [-0.05, 0) is 49.7 Å². The molecule has 0 amide bonds. The van der Waals surface area contributed by atoms with Crippen LogP contribution in [0.4, 0.5) is 0 Å². The first-order valence-corrected chi connectivity index (χ1v) is 8.91. The molecular weight excluding hydrogens is 312 g/mol. The molecule has 0 aromatic heterocycles. The number of hydrogen-bond acceptors (Lipinski definition) is 0. The van der Waals surface area contributed by atoms with Gasteiger partial charge in [0, 0.05) is 0 Å². The minimum atomic E-state index is 1.11. The van der Waals surface area contributed by atoms with Gasteiger partial charge in [-0.25, -0.2) is 0 Å². The highest BCUT2D eigenvalue weighted by Gasteiger charge is 2.28. The van der Waals surface area contributed by atoms with Crippen LogP contribution in [0.25, 0.3) is 27.5 Å². The molecule has 0 bridgehead atoms. The van der Waals surface area contributed by atoms with Crippen LogP contribution in [0.5, 0.6) is 0 Å². The van der Waals surface area contributed by atoms with Gasteiger partial charge in [0.25, 0.3) is 0 Å². The van der Waals surface area contributed by atoms with Gasteiger partial charge in [0.15, 0.2) is 0 Å². The van der Waals surface area contributed by atoms with Crippen LogP contribution in [0.2, 0.25) is 0 Å². The molecule has 0 saturated carbocycles. The molecule has 0 unspecified atom stereocenters. The summed E-state index contributed by atoms with van der Waals surface area (Å²) in [5, 5.41) is 2.53. The van der Waals surface area contributed by atoms with E-state index in [9.17, 15) is 0 Å². The van der Waals surface area contributed by atoms with Gasteiger partial charge in [-0.15, -0.1) is 0 Å². The molecule has 0 spiro atoms. The maximum atomic E-state index is 4.52. The van der Waals surface area contributed by atoms with Crippen LogP contribution in [0, 0.1) is 0 Å². The molecule has 0 heteroatoms. The zero-order valence-electron chi connectivity index (χ0n) is 14.4. The lowest BCUT2D eigenvalue weighted by Crippen LogP contribution is -1.89. The Morgan fingerprint density at radius 1 is 0.500 bits per heavy atom. The second-order valence-corrected chi connectivity index (χ2v) is 6.67. The average molecular weight is 330 g/mol. The summed E-state index contributed by atoms with van der Waals surface area (Å²) < 4.78 is 0. The van der Waals surface area contributed by atoms with E-state index in [2.05, 4.69) is 104 Å². The highest BCUT2D eigenvalue weighted by atomic mass is 14.3. The monoisotopic (exact) mass is 330 g/mol. The third-order valence-electron chi connectivity index (χ3n) is 5.18. The van der Waals surface area contributed by atoms with Gasteiger partial charge < -0.3 is 0 Å². The van der Waals surface area contributed by atoms with E-state index in [1.807, 2.05) is 0 Å². The van der Waals surface area contributed by atoms with E-state index in [0.717, 1.165) is 5.57 Å². The summed E-state index contributed by atoms with van der Waals surface area (Å²) in [7, 11) is 0. The van der Waals surface area contributed by atoms with Crippen LogP contribution < -0.4 is 0 Å². The third kappa shape index (κ3) is 2.16. The summed E-state index contributed by atoms with van der Waals surface area (Å²) in [5.74, 6) is 0. The molecule has 0 nitrogen and oxygen atoms in total. The highest BCUT2D eigenvalue weighted by Crippen LogP contribution is 2.50. The number of benzene rings is 4. The SMILES string of the molecule is C=C1C(c2ccccc2)=C(c2ccccc2)c2ccc3ccccc3c21. The first-order chi connectivity index (χ1) is 12.8. The van der Waals surface area contributed by atoms with E-state index in [-0.39, 0.29) is 0 Å². The summed E-state index contributed by atoms with van der Waals surface area (Å²) in [6.07, 6.45) is 0. The number of fused-ring (bicyclic) bond motifs is 3. The van der Waals surface area contributed by atoms with Crippen molar-refractivity contribution in [3.8, 4) is 0 Å². The van der Waals surface area contributed by atoms with Crippen LogP contribution in [0.3, 0.4) is 0 Å². The second kappa shape index (κ2) is 5.86. The Kier molecular flexibility index (Phi) is 3.36. The molecule has 26 heavy (non-hydrogen) atoms. The molecule has 4 aromatic carbocycles. The van der Waals surface area contributed by atoms with Gasteiger partial charge in [-0.2, -0.15) is 0 Å². The van der Waals surface area contributed by atoms with Crippen LogP contribution in [0.15, 0.2) is 104 Å². The van der Waals surface area contributed by atoms with E-state index in [1.165, 1.54) is 44.2 Å². The zero-order valence-corrected chi connectivity index (χ0v) is 14.4. The molecule has 0 aliphatic heterocycles. The first kappa shape index (κ1) is 14.9. The van der Waals surface area contributed by atoms with Gasteiger partial charge in [-0.3, -0.25) is 0 Å². The van der Waals surface area contributed by atoms with Gasteiger partial charge in [0.1, 0.15) is 0 Å². The minimum Gasteiger partial charge on any atom is -0.0905 e. The first-order valence-electron chi connectivity index (χ1n) is 8.91. The molecule has 5 rings (SSSR count). The van der Waals surface area contributed by atoms with E-state index >= 15 is 0 Å². The van der Waals surface area contributed by atoms with Gasteiger partial charge in [0.05, 0.1) is 0 Å². The summed E-state index contributed by atoms with van der Waals surface area (Å²) in [6, 6.07) is 34.3. The fourth-order valence-electron chi connectivity index (χ4n) is 4.04. The lowest BCUT2D eigenvalue weighted by atomic mass is 9.93. The summed E-state index contributed by atoms with van der Waals surface area (Å²) in [5.41, 5.74) is 8.63. The third-order valence-corrected chi connectivity index (χ3v) is 5.18. The van der Waals surface area contributed by atoms with Crippen molar-refractivity contribution in [1.82, 2.24) is 0 Å². The zero-order chi connectivity index (χ0) is 17.5. The van der Waals surface area contributed by atoms with Crippen molar-refractivity contribution >= 4 is 27.5 Å². The Morgan fingerprint density at radius 2 is 1.08 bits per heavy atom. The molecule has 0 radical (unpaired) electrons. The quantitative estimate of drug-likeness (QED) is 0.378. The number of hydrogen-bond donors (Lipinski definition) is 0. The molecule has 0 heterocycles. The Bertz CT molecular complexity index is 1160. The Balaban J connectivity index is 1.88. The molecule has 0 saturated heterocycles. The van der Waals surface area contributed by atoms with Crippen molar-refractivity contribution in [2.75, 3.05) is 0 Å². The Labute approximate surface area is 153 Å². The van der Waals surface area contributed by atoms with Crippen LogP contribution in [-0.4, -0.2) is 0 Å². The smallest absolute Gasteiger partial charge is 0.00203 e. The van der Waals surface area contributed by atoms with Crippen LogP contribution in [0.1, 0.15) is 22.3 Å². The van der Waals surface area contributed by atoms with Crippen molar-refractivity contribution in [3.05, 3.63) is 126 Å². The topological polar surface area (TPSA) is 0 Å². The van der Waals surface area contributed by atoms with Gasteiger partial charge in [-0.1, -0.05) is 104 Å². The van der Waals surface area contributed by atoms with Crippen molar-refractivity contribution < 1.29 is 0 Å². The average Bonchev–Trinajstić information content (AvgIpc) is 3.02. The maximum absolute atomic E-state index is 4.52. The molecule has 0 fully saturated rings.